The molecule has 134 valence electrons. The predicted molar refractivity (Wildman–Crippen MR) is 91.7 cm³/mol. The highest BCUT2D eigenvalue weighted by Gasteiger charge is 2.26. The third-order valence-corrected chi connectivity index (χ3v) is 4.80. The lowest BCUT2D eigenvalue weighted by Crippen LogP contribution is -2.46. The van der Waals surface area contributed by atoms with Crippen molar-refractivity contribution in [1.29, 1.82) is 0 Å². The molecule has 0 saturated carbocycles. The maximum absolute atomic E-state index is 12.2. The molecule has 0 heterocycles. The van der Waals surface area contributed by atoms with Gasteiger partial charge < -0.3 is 15.2 Å². The number of esters is 1. The van der Waals surface area contributed by atoms with E-state index in [1.54, 1.807) is 24.3 Å². The van der Waals surface area contributed by atoms with Crippen LogP contribution < -0.4 is 5.32 Å². The first-order valence-corrected chi connectivity index (χ1v) is 9.16. The minimum absolute atomic E-state index is 0.146. The van der Waals surface area contributed by atoms with E-state index in [1.807, 2.05) is 19.9 Å². The van der Waals surface area contributed by atoms with E-state index >= 15 is 0 Å². The topological polar surface area (TPSA) is 92.7 Å². The van der Waals surface area contributed by atoms with Crippen LogP contribution >= 0.6 is 0 Å². The Bertz CT molecular complexity index is 561. The zero-order valence-electron chi connectivity index (χ0n) is 14.2. The lowest BCUT2D eigenvalue weighted by Gasteiger charge is -2.19. The number of ether oxygens (including phenoxy) is 1. The zero-order valence-corrected chi connectivity index (χ0v) is 15.0. The Morgan fingerprint density at radius 1 is 1.25 bits per heavy atom. The number of hydrogen-bond donors (Lipinski definition) is 2. The monoisotopic (exact) mass is 355 g/mol. The van der Waals surface area contributed by atoms with Gasteiger partial charge in [0.15, 0.2) is 0 Å². The molecule has 7 heteroatoms. The van der Waals surface area contributed by atoms with E-state index in [2.05, 4.69) is 10.1 Å². The van der Waals surface area contributed by atoms with Crippen LogP contribution in [0.5, 0.6) is 0 Å². The summed E-state index contributed by atoms with van der Waals surface area (Å²) in [5.41, 5.74) is 0. The van der Waals surface area contributed by atoms with E-state index < -0.39 is 34.8 Å². The third kappa shape index (κ3) is 6.80. The molecule has 0 aliphatic rings. The molecule has 0 saturated heterocycles. The fraction of sp³-hybridized carbons (Fsp3) is 0.529. The fourth-order valence-corrected chi connectivity index (χ4v) is 3.27. The van der Waals surface area contributed by atoms with Crippen LogP contribution in [-0.4, -0.2) is 46.2 Å². The van der Waals surface area contributed by atoms with Crippen LogP contribution in [0.15, 0.2) is 35.2 Å². The molecule has 2 N–H and O–H groups in total. The SMILES string of the molecule is COC(=O)[C@@H](CC[S@@](=O)c1ccccc1)NC(=O)[C@H](O)CC(C)C. The van der Waals surface area contributed by atoms with Crippen molar-refractivity contribution in [2.24, 2.45) is 5.92 Å². The second-order valence-corrected chi connectivity index (χ2v) is 7.45. The van der Waals surface area contributed by atoms with Gasteiger partial charge >= 0.3 is 5.97 Å². The number of carbonyl (C=O) groups is 2. The highest BCUT2D eigenvalue weighted by atomic mass is 32.2. The molecule has 0 aliphatic carbocycles. The van der Waals surface area contributed by atoms with Crippen molar-refractivity contribution in [3.8, 4) is 0 Å². The molecule has 1 amide bonds. The van der Waals surface area contributed by atoms with Gasteiger partial charge in [-0.2, -0.15) is 0 Å². The first-order valence-electron chi connectivity index (χ1n) is 7.84. The molecule has 0 bridgehead atoms. The first-order chi connectivity index (χ1) is 11.3. The Balaban J connectivity index is 2.64. The quantitative estimate of drug-likeness (QED) is 0.650. The van der Waals surface area contributed by atoms with Gasteiger partial charge in [0.25, 0.3) is 0 Å². The van der Waals surface area contributed by atoms with Crippen LogP contribution in [-0.2, 0) is 25.1 Å². The van der Waals surface area contributed by atoms with Crippen LogP contribution in [0.4, 0.5) is 0 Å². The smallest absolute Gasteiger partial charge is 0.328 e. The summed E-state index contributed by atoms with van der Waals surface area (Å²) in [6, 6.07) is 7.96. The summed E-state index contributed by atoms with van der Waals surface area (Å²) in [5.74, 6) is -0.896. The van der Waals surface area contributed by atoms with Crippen LogP contribution in [0.3, 0.4) is 0 Å². The van der Waals surface area contributed by atoms with Gasteiger partial charge in [0.2, 0.25) is 5.91 Å². The van der Waals surface area contributed by atoms with Gasteiger partial charge in [0.1, 0.15) is 12.1 Å². The number of carbonyl (C=O) groups excluding carboxylic acids is 2. The Hall–Kier alpha value is -1.73. The van der Waals surface area contributed by atoms with E-state index in [1.165, 1.54) is 7.11 Å². The van der Waals surface area contributed by atoms with Crippen molar-refractivity contribution in [3.05, 3.63) is 30.3 Å². The van der Waals surface area contributed by atoms with Crippen LogP contribution in [0, 0.1) is 5.92 Å². The van der Waals surface area contributed by atoms with E-state index in [0.29, 0.717) is 11.3 Å². The Morgan fingerprint density at radius 2 is 1.88 bits per heavy atom. The number of rotatable bonds is 9. The van der Waals surface area contributed by atoms with Gasteiger partial charge in [-0.05, 0) is 30.9 Å². The summed E-state index contributed by atoms with van der Waals surface area (Å²) in [7, 11) is -0.0563. The van der Waals surface area contributed by atoms with E-state index in [-0.39, 0.29) is 18.1 Å². The van der Waals surface area contributed by atoms with Crippen molar-refractivity contribution in [2.45, 2.75) is 43.7 Å². The molecule has 6 nitrogen and oxygen atoms in total. The second-order valence-electron chi connectivity index (χ2n) is 5.88. The third-order valence-electron chi connectivity index (χ3n) is 3.40. The maximum atomic E-state index is 12.2. The molecule has 3 atom stereocenters. The summed E-state index contributed by atoms with van der Waals surface area (Å²) in [6.45, 7) is 3.77. The molecule has 0 spiro atoms. The summed E-state index contributed by atoms with van der Waals surface area (Å²) < 4.78 is 16.9. The number of nitrogens with one attached hydrogen (secondary N) is 1. The fourth-order valence-electron chi connectivity index (χ4n) is 2.13. The van der Waals surface area contributed by atoms with E-state index in [0.717, 1.165) is 0 Å². The number of aliphatic hydroxyl groups is 1. The highest BCUT2D eigenvalue weighted by Crippen LogP contribution is 2.09. The molecule has 1 rings (SSSR count). The van der Waals surface area contributed by atoms with Gasteiger partial charge in [-0.25, -0.2) is 4.79 Å². The van der Waals surface area contributed by atoms with Gasteiger partial charge in [0, 0.05) is 10.6 Å². The van der Waals surface area contributed by atoms with Crippen molar-refractivity contribution < 1.29 is 23.6 Å². The summed E-state index contributed by atoms with van der Waals surface area (Å²) in [6.07, 6.45) is -0.721. The van der Waals surface area contributed by atoms with Gasteiger partial charge in [-0.15, -0.1) is 0 Å². The summed E-state index contributed by atoms with van der Waals surface area (Å²) >= 11 is 0. The summed E-state index contributed by atoms with van der Waals surface area (Å²) in [4.78, 5) is 24.5. The van der Waals surface area contributed by atoms with Crippen molar-refractivity contribution >= 4 is 22.7 Å². The molecule has 0 aliphatic heterocycles. The Morgan fingerprint density at radius 3 is 2.42 bits per heavy atom. The Labute approximate surface area is 145 Å². The highest BCUT2D eigenvalue weighted by molar-refractivity contribution is 7.85. The molecule has 1 aromatic rings. The average molecular weight is 355 g/mol. The number of methoxy groups -OCH3 is 1. The lowest BCUT2D eigenvalue weighted by atomic mass is 10.1. The minimum atomic E-state index is -1.28. The van der Waals surface area contributed by atoms with Crippen molar-refractivity contribution in [1.82, 2.24) is 5.32 Å². The van der Waals surface area contributed by atoms with Gasteiger partial charge in [-0.1, -0.05) is 32.0 Å². The molecule has 0 unspecified atom stereocenters. The number of aliphatic hydroxyl groups excluding tert-OH is 1. The molecular formula is C17H25NO5S. The first kappa shape index (κ1) is 20.3. The van der Waals surface area contributed by atoms with Gasteiger partial charge in [0.05, 0.1) is 17.9 Å². The average Bonchev–Trinajstić information content (AvgIpc) is 2.57. The minimum Gasteiger partial charge on any atom is -0.467 e. The summed E-state index contributed by atoms with van der Waals surface area (Å²) in [5, 5.41) is 12.3. The standard InChI is InChI=1S/C17H25NO5S/c1-12(2)11-15(19)16(20)18-14(17(21)23-3)9-10-24(22)13-7-5-4-6-8-13/h4-8,12,14-15,19H,9-11H2,1-3H3,(H,18,20)/t14-,15-,24-/m1/s1. The molecular weight excluding hydrogens is 330 g/mol. The Kier molecular flexibility index (Phi) is 8.63. The van der Waals surface area contributed by atoms with Gasteiger partial charge in [-0.3, -0.25) is 9.00 Å². The lowest BCUT2D eigenvalue weighted by molar-refractivity contribution is -0.146. The van der Waals surface area contributed by atoms with Crippen LogP contribution in [0.1, 0.15) is 26.7 Å². The van der Waals surface area contributed by atoms with E-state index in [9.17, 15) is 18.9 Å². The van der Waals surface area contributed by atoms with E-state index in [4.69, 9.17) is 0 Å². The van der Waals surface area contributed by atoms with Crippen molar-refractivity contribution in [3.63, 3.8) is 0 Å². The second kappa shape index (κ2) is 10.2. The normalized spacial score (nSPS) is 14.7. The zero-order chi connectivity index (χ0) is 18.1. The van der Waals surface area contributed by atoms with Crippen molar-refractivity contribution in [2.75, 3.05) is 12.9 Å². The predicted octanol–water partition coefficient (Wildman–Crippen LogP) is 1.25. The van der Waals surface area contributed by atoms with Crippen LogP contribution in [0.25, 0.3) is 0 Å². The maximum Gasteiger partial charge on any atom is 0.328 e. The number of amides is 1. The molecule has 24 heavy (non-hydrogen) atoms. The molecule has 0 aromatic heterocycles. The van der Waals surface area contributed by atoms with Crippen LogP contribution in [0.2, 0.25) is 0 Å². The number of benzene rings is 1. The molecule has 0 radical (unpaired) electrons. The largest absolute Gasteiger partial charge is 0.467 e. The number of hydrogen-bond acceptors (Lipinski definition) is 5. The molecule has 0 fully saturated rings. The molecule has 1 aromatic carbocycles.